The molecule has 0 spiro atoms. The summed E-state index contributed by atoms with van der Waals surface area (Å²) in [6, 6.07) is 6.42. The number of nitrogens with one attached hydrogen (secondary N) is 2. The second kappa shape index (κ2) is 7.50. The molecule has 2 rings (SSSR count). The van der Waals surface area contributed by atoms with E-state index in [1.807, 2.05) is 6.92 Å². The third-order valence-electron chi connectivity index (χ3n) is 3.92. The Kier molecular flexibility index (Phi) is 5.68. The highest BCUT2D eigenvalue weighted by Crippen LogP contribution is 2.22. The van der Waals surface area contributed by atoms with E-state index in [0.29, 0.717) is 12.2 Å². The first-order chi connectivity index (χ1) is 9.70. The van der Waals surface area contributed by atoms with Crippen LogP contribution >= 0.6 is 0 Å². The van der Waals surface area contributed by atoms with Gasteiger partial charge in [0.2, 0.25) is 0 Å². The second-order valence-electron chi connectivity index (χ2n) is 5.36. The maximum Gasteiger partial charge on any atom is 0.137 e. The highest BCUT2D eigenvalue weighted by molar-refractivity contribution is 5.81. The Balaban J connectivity index is 2.01. The predicted octanol–water partition coefficient (Wildman–Crippen LogP) is 2.44. The van der Waals surface area contributed by atoms with Crippen molar-refractivity contribution in [3.8, 4) is 0 Å². The number of benzene rings is 1. The average Bonchev–Trinajstić information content (AvgIpc) is 2.48. The standard InChI is InChI=1S/C16H23FN2O/c1-2-19-15(12-3-5-14(17)6-4-12)11-16(20)13-7-9-18-10-8-13/h3-6,13,15,18-19H,2,7-11H2,1H3. The average molecular weight is 278 g/mol. The van der Waals surface area contributed by atoms with Crippen molar-refractivity contribution in [2.24, 2.45) is 5.92 Å². The van der Waals surface area contributed by atoms with Gasteiger partial charge in [-0.2, -0.15) is 0 Å². The Morgan fingerprint density at radius 1 is 1.35 bits per heavy atom. The van der Waals surface area contributed by atoms with E-state index < -0.39 is 0 Å². The van der Waals surface area contributed by atoms with Crippen LogP contribution in [0, 0.1) is 11.7 Å². The van der Waals surface area contributed by atoms with Gasteiger partial charge >= 0.3 is 0 Å². The monoisotopic (exact) mass is 278 g/mol. The number of hydrogen-bond donors (Lipinski definition) is 2. The summed E-state index contributed by atoms with van der Waals surface area (Å²) >= 11 is 0. The maximum atomic E-state index is 13.0. The zero-order chi connectivity index (χ0) is 14.4. The van der Waals surface area contributed by atoms with Crippen LogP contribution in [0.1, 0.15) is 37.8 Å². The number of carbonyl (C=O) groups excluding carboxylic acids is 1. The number of ketones is 1. The Morgan fingerprint density at radius 3 is 2.60 bits per heavy atom. The SMILES string of the molecule is CCNC(CC(=O)C1CCNCC1)c1ccc(F)cc1. The van der Waals surface area contributed by atoms with Gasteiger partial charge in [0.25, 0.3) is 0 Å². The van der Waals surface area contributed by atoms with Crippen LogP contribution < -0.4 is 10.6 Å². The van der Waals surface area contributed by atoms with Gasteiger partial charge in [0.15, 0.2) is 0 Å². The third-order valence-corrected chi connectivity index (χ3v) is 3.92. The summed E-state index contributed by atoms with van der Waals surface area (Å²) in [5.74, 6) is 0.258. The summed E-state index contributed by atoms with van der Waals surface area (Å²) in [6.45, 7) is 4.67. The van der Waals surface area contributed by atoms with Crippen LogP contribution in [-0.4, -0.2) is 25.4 Å². The lowest BCUT2D eigenvalue weighted by Gasteiger charge is -2.24. The van der Waals surface area contributed by atoms with Crippen molar-refractivity contribution >= 4 is 5.78 Å². The topological polar surface area (TPSA) is 41.1 Å². The molecule has 1 fully saturated rings. The van der Waals surface area contributed by atoms with E-state index in [0.717, 1.165) is 38.0 Å². The Hall–Kier alpha value is -1.26. The molecule has 1 aliphatic rings. The fourth-order valence-corrected chi connectivity index (χ4v) is 2.76. The molecular formula is C16H23FN2O. The van der Waals surface area contributed by atoms with Gasteiger partial charge < -0.3 is 10.6 Å². The van der Waals surface area contributed by atoms with E-state index in [2.05, 4.69) is 10.6 Å². The van der Waals surface area contributed by atoms with Gasteiger partial charge in [0.1, 0.15) is 11.6 Å². The molecule has 1 unspecified atom stereocenters. The van der Waals surface area contributed by atoms with Crippen LogP contribution in [0.2, 0.25) is 0 Å². The molecular weight excluding hydrogens is 255 g/mol. The number of hydrogen-bond acceptors (Lipinski definition) is 3. The zero-order valence-electron chi connectivity index (χ0n) is 12.0. The van der Waals surface area contributed by atoms with Gasteiger partial charge in [-0.15, -0.1) is 0 Å². The number of piperidine rings is 1. The fourth-order valence-electron chi connectivity index (χ4n) is 2.76. The highest BCUT2D eigenvalue weighted by atomic mass is 19.1. The summed E-state index contributed by atoms with van der Waals surface area (Å²) in [6.07, 6.45) is 2.35. The van der Waals surface area contributed by atoms with Gasteiger partial charge in [0, 0.05) is 18.4 Å². The Labute approximate surface area is 120 Å². The maximum absolute atomic E-state index is 13.0. The van der Waals surface area contributed by atoms with Gasteiger partial charge in [-0.3, -0.25) is 4.79 Å². The number of Topliss-reactive ketones (excluding diaryl/α,β-unsaturated/α-hetero) is 1. The molecule has 1 aromatic carbocycles. The normalized spacial score (nSPS) is 17.9. The summed E-state index contributed by atoms with van der Waals surface area (Å²) in [5.41, 5.74) is 0.982. The van der Waals surface area contributed by atoms with Gasteiger partial charge in [-0.1, -0.05) is 19.1 Å². The van der Waals surface area contributed by atoms with E-state index in [-0.39, 0.29) is 17.8 Å². The zero-order valence-corrected chi connectivity index (χ0v) is 12.0. The predicted molar refractivity (Wildman–Crippen MR) is 78.0 cm³/mol. The minimum atomic E-state index is -0.242. The molecule has 4 heteroatoms. The molecule has 0 amide bonds. The lowest BCUT2D eigenvalue weighted by atomic mass is 9.88. The highest BCUT2D eigenvalue weighted by Gasteiger charge is 2.24. The van der Waals surface area contributed by atoms with E-state index in [9.17, 15) is 9.18 Å². The minimum absolute atomic E-state index is 0.0111. The molecule has 0 bridgehead atoms. The van der Waals surface area contributed by atoms with Crippen LogP contribution in [0.4, 0.5) is 4.39 Å². The lowest BCUT2D eigenvalue weighted by molar-refractivity contribution is -0.124. The second-order valence-corrected chi connectivity index (χ2v) is 5.36. The summed E-state index contributed by atoms with van der Waals surface area (Å²) in [7, 11) is 0. The van der Waals surface area contributed by atoms with Gasteiger partial charge in [-0.25, -0.2) is 4.39 Å². The van der Waals surface area contributed by atoms with Crippen LogP contribution in [0.15, 0.2) is 24.3 Å². The van der Waals surface area contributed by atoms with E-state index >= 15 is 0 Å². The Bertz CT molecular complexity index is 427. The lowest BCUT2D eigenvalue weighted by Crippen LogP contribution is -2.34. The van der Waals surface area contributed by atoms with Crippen LogP contribution in [0.3, 0.4) is 0 Å². The van der Waals surface area contributed by atoms with Crippen LogP contribution in [0.25, 0.3) is 0 Å². The third kappa shape index (κ3) is 4.12. The van der Waals surface area contributed by atoms with Crippen molar-refractivity contribution in [1.82, 2.24) is 10.6 Å². The smallest absolute Gasteiger partial charge is 0.137 e. The molecule has 1 aromatic rings. The first kappa shape index (κ1) is 15.1. The fraction of sp³-hybridized carbons (Fsp3) is 0.562. The molecule has 110 valence electrons. The van der Waals surface area contributed by atoms with Gasteiger partial charge in [-0.05, 0) is 50.2 Å². The number of halogens is 1. The summed E-state index contributed by atoms with van der Waals surface area (Å²) < 4.78 is 13.0. The molecule has 2 N–H and O–H groups in total. The van der Waals surface area contributed by atoms with Crippen molar-refractivity contribution in [2.75, 3.05) is 19.6 Å². The number of rotatable bonds is 6. The largest absolute Gasteiger partial charge is 0.317 e. The molecule has 1 saturated heterocycles. The van der Waals surface area contributed by atoms with Crippen molar-refractivity contribution in [2.45, 2.75) is 32.2 Å². The van der Waals surface area contributed by atoms with Crippen molar-refractivity contribution < 1.29 is 9.18 Å². The molecule has 1 atom stereocenters. The molecule has 0 saturated carbocycles. The summed E-state index contributed by atoms with van der Waals surface area (Å²) in [4.78, 5) is 12.4. The molecule has 1 heterocycles. The van der Waals surface area contributed by atoms with Gasteiger partial charge in [0.05, 0.1) is 0 Å². The van der Waals surface area contributed by atoms with E-state index in [1.165, 1.54) is 12.1 Å². The van der Waals surface area contributed by atoms with Crippen molar-refractivity contribution in [1.29, 1.82) is 0 Å². The van der Waals surface area contributed by atoms with Crippen molar-refractivity contribution in [3.63, 3.8) is 0 Å². The molecule has 1 aliphatic heterocycles. The van der Waals surface area contributed by atoms with Crippen LogP contribution in [-0.2, 0) is 4.79 Å². The molecule has 0 aromatic heterocycles. The van der Waals surface area contributed by atoms with E-state index in [4.69, 9.17) is 0 Å². The molecule has 20 heavy (non-hydrogen) atoms. The van der Waals surface area contributed by atoms with Crippen LogP contribution in [0.5, 0.6) is 0 Å². The van der Waals surface area contributed by atoms with Crippen molar-refractivity contribution in [3.05, 3.63) is 35.6 Å². The molecule has 0 aliphatic carbocycles. The Morgan fingerprint density at radius 2 is 2.00 bits per heavy atom. The van der Waals surface area contributed by atoms with E-state index in [1.54, 1.807) is 12.1 Å². The quantitative estimate of drug-likeness (QED) is 0.840. The minimum Gasteiger partial charge on any atom is -0.317 e. The molecule has 0 radical (unpaired) electrons. The first-order valence-corrected chi connectivity index (χ1v) is 7.43. The summed E-state index contributed by atoms with van der Waals surface area (Å²) in [5, 5.41) is 6.61. The molecule has 3 nitrogen and oxygen atoms in total. The number of carbonyl (C=O) groups is 1. The first-order valence-electron chi connectivity index (χ1n) is 7.43.